The normalized spacial score (nSPS) is 10.5. The van der Waals surface area contributed by atoms with E-state index in [1.165, 1.54) is 0 Å². The van der Waals surface area contributed by atoms with E-state index in [0.29, 0.717) is 6.54 Å². The van der Waals surface area contributed by atoms with Gasteiger partial charge in [-0.3, -0.25) is 9.59 Å². The van der Waals surface area contributed by atoms with Crippen LogP contribution in [0.25, 0.3) is 0 Å². The summed E-state index contributed by atoms with van der Waals surface area (Å²) in [5, 5.41) is 2.81. The van der Waals surface area contributed by atoms with E-state index in [0.717, 1.165) is 24.0 Å². The molecule has 0 heterocycles. The minimum Gasteiger partial charge on any atom is -0.346 e. The molecule has 2 amide bonds. The Morgan fingerprint density at radius 2 is 1.48 bits per heavy atom. The van der Waals surface area contributed by atoms with Gasteiger partial charge < -0.3 is 10.2 Å². The number of nitrogens with zero attached hydrogens (tertiary/aromatic N) is 1. The maximum Gasteiger partial charge on any atom is 0.241 e. The molecular weight excluding hydrogens is 312 g/mol. The van der Waals surface area contributed by atoms with Crippen LogP contribution in [0.4, 0.5) is 0 Å². The molecule has 0 saturated heterocycles. The van der Waals surface area contributed by atoms with Gasteiger partial charge in [0, 0.05) is 13.6 Å². The average molecular weight is 338 g/mol. The largest absolute Gasteiger partial charge is 0.346 e. The van der Waals surface area contributed by atoms with Crippen LogP contribution in [0.5, 0.6) is 0 Å². The van der Waals surface area contributed by atoms with Crippen molar-refractivity contribution in [3.05, 3.63) is 71.8 Å². The standard InChI is InChI=1S/C21H26N2O2/c1-3-4-15-23(2)19(24)16-22-21(25)20(17-11-7-5-8-12-17)18-13-9-6-10-14-18/h5-14,20H,3-4,15-16H2,1-2H3,(H,22,25). The van der Waals surface area contributed by atoms with E-state index < -0.39 is 5.92 Å². The fraction of sp³-hybridized carbons (Fsp3) is 0.333. The van der Waals surface area contributed by atoms with Crippen LogP contribution in [-0.2, 0) is 9.59 Å². The Balaban J connectivity index is 2.08. The van der Waals surface area contributed by atoms with E-state index in [-0.39, 0.29) is 18.4 Å². The minimum absolute atomic E-state index is 0.0230. The van der Waals surface area contributed by atoms with E-state index in [1.807, 2.05) is 60.7 Å². The molecule has 0 saturated carbocycles. The zero-order chi connectivity index (χ0) is 18.1. The zero-order valence-electron chi connectivity index (χ0n) is 14.9. The van der Waals surface area contributed by atoms with Crippen LogP contribution in [0, 0.1) is 0 Å². The van der Waals surface area contributed by atoms with Crippen molar-refractivity contribution in [3.63, 3.8) is 0 Å². The zero-order valence-corrected chi connectivity index (χ0v) is 14.9. The number of likely N-dealkylation sites (N-methyl/N-ethyl adjacent to an activating group) is 1. The van der Waals surface area contributed by atoms with Crippen molar-refractivity contribution in [1.29, 1.82) is 0 Å². The summed E-state index contributed by atoms with van der Waals surface area (Å²) in [4.78, 5) is 26.6. The molecule has 0 aliphatic rings. The van der Waals surface area contributed by atoms with E-state index >= 15 is 0 Å². The molecule has 0 atom stereocenters. The van der Waals surface area contributed by atoms with Crippen molar-refractivity contribution < 1.29 is 9.59 Å². The third-order valence-corrected chi connectivity index (χ3v) is 4.21. The third-order valence-electron chi connectivity index (χ3n) is 4.21. The summed E-state index contributed by atoms with van der Waals surface area (Å²) in [6, 6.07) is 19.3. The first-order valence-electron chi connectivity index (χ1n) is 8.75. The first kappa shape index (κ1) is 18.7. The quantitative estimate of drug-likeness (QED) is 0.803. The van der Waals surface area contributed by atoms with Crippen molar-refractivity contribution >= 4 is 11.8 Å². The predicted molar refractivity (Wildman–Crippen MR) is 100 cm³/mol. The predicted octanol–water partition coefficient (Wildman–Crippen LogP) is 3.19. The van der Waals surface area contributed by atoms with Crippen molar-refractivity contribution in [2.45, 2.75) is 25.7 Å². The lowest BCUT2D eigenvalue weighted by atomic mass is 9.90. The van der Waals surface area contributed by atoms with Crippen LogP contribution >= 0.6 is 0 Å². The second kappa shape index (κ2) is 9.62. The number of carbonyl (C=O) groups excluding carboxylic acids is 2. The van der Waals surface area contributed by atoms with Gasteiger partial charge >= 0.3 is 0 Å². The molecule has 4 heteroatoms. The fourth-order valence-corrected chi connectivity index (χ4v) is 2.71. The molecule has 0 radical (unpaired) electrons. The lowest BCUT2D eigenvalue weighted by molar-refractivity contribution is -0.132. The highest BCUT2D eigenvalue weighted by Gasteiger charge is 2.23. The Hall–Kier alpha value is -2.62. The topological polar surface area (TPSA) is 49.4 Å². The number of hydrogen-bond donors (Lipinski definition) is 1. The van der Waals surface area contributed by atoms with Gasteiger partial charge in [-0.1, -0.05) is 74.0 Å². The molecule has 2 aromatic carbocycles. The van der Waals surface area contributed by atoms with E-state index in [9.17, 15) is 9.59 Å². The van der Waals surface area contributed by atoms with Crippen LogP contribution in [0.15, 0.2) is 60.7 Å². The van der Waals surface area contributed by atoms with Crippen molar-refractivity contribution in [3.8, 4) is 0 Å². The van der Waals surface area contributed by atoms with Crippen molar-refractivity contribution in [2.75, 3.05) is 20.1 Å². The molecule has 0 aromatic heterocycles. The van der Waals surface area contributed by atoms with Crippen molar-refractivity contribution in [2.24, 2.45) is 0 Å². The molecule has 0 aliphatic heterocycles. The van der Waals surface area contributed by atoms with Gasteiger partial charge in [0.2, 0.25) is 11.8 Å². The van der Waals surface area contributed by atoms with Gasteiger partial charge in [-0.2, -0.15) is 0 Å². The van der Waals surface area contributed by atoms with Gasteiger partial charge in [0.15, 0.2) is 0 Å². The lowest BCUT2D eigenvalue weighted by Crippen LogP contribution is -2.40. The maximum absolute atomic E-state index is 12.8. The Morgan fingerprint density at radius 1 is 0.960 bits per heavy atom. The summed E-state index contributed by atoms with van der Waals surface area (Å²) in [5.74, 6) is -0.646. The molecule has 2 rings (SSSR count). The first-order valence-corrected chi connectivity index (χ1v) is 8.75. The molecular formula is C21H26N2O2. The van der Waals surface area contributed by atoms with Crippen LogP contribution in [0.2, 0.25) is 0 Å². The fourth-order valence-electron chi connectivity index (χ4n) is 2.71. The number of hydrogen-bond acceptors (Lipinski definition) is 2. The Morgan fingerprint density at radius 3 is 1.96 bits per heavy atom. The van der Waals surface area contributed by atoms with Gasteiger partial charge in [0.25, 0.3) is 0 Å². The summed E-state index contributed by atoms with van der Waals surface area (Å²) in [5.41, 5.74) is 1.83. The first-order chi connectivity index (χ1) is 12.1. The van der Waals surface area contributed by atoms with Crippen LogP contribution in [0.1, 0.15) is 36.8 Å². The molecule has 0 bridgehead atoms. The lowest BCUT2D eigenvalue weighted by Gasteiger charge is -2.20. The van der Waals surface area contributed by atoms with Crippen LogP contribution in [0.3, 0.4) is 0 Å². The van der Waals surface area contributed by atoms with Gasteiger partial charge in [-0.15, -0.1) is 0 Å². The Labute approximate surface area is 149 Å². The molecule has 132 valence electrons. The summed E-state index contributed by atoms with van der Waals surface area (Å²) in [7, 11) is 1.77. The third kappa shape index (κ3) is 5.45. The SMILES string of the molecule is CCCCN(C)C(=O)CNC(=O)C(c1ccccc1)c1ccccc1. The van der Waals surface area contributed by atoms with E-state index in [4.69, 9.17) is 0 Å². The van der Waals surface area contributed by atoms with Gasteiger partial charge in [0.05, 0.1) is 12.5 Å². The summed E-state index contributed by atoms with van der Waals surface area (Å²) in [6.45, 7) is 2.83. The monoisotopic (exact) mass is 338 g/mol. The maximum atomic E-state index is 12.8. The average Bonchev–Trinajstić information content (AvgIpc) is 2.66. The highest BCUT2D eigenvalue weighted by Crippen LogP contribution is 2.24. The summed E-state index contributed by atoms with van der Waals surface area (Å²) in [6.07, 6.45) is 2.00. The second-order valence-electron chi connectivity index (χ2n) is 6.14. The number of benzene rings is 2. The number of nitrogens with one attached hydrogen (secondary N) is 1. The molecule has 4 nitrogen and oxygen atoms in total. The molecule has 1 N–H and O–H groups in total. The smallest absolute Gasteiger partial charge is 0.241 e. The number of carbonyl (C=O) groups is 2. The Bertz CT molecular complexity index is 631. The van der Waals surface area contributed by atoms with E-state index in [1.54, 1.807) is 11.9 Å². The number of unbranched alkanes of at least 4 members (excludes halogenated alkanes) is 1. The molecule has 0 fully saturated rings. The number of rotatable bonds is 8. The molecule has 0 spiro atoms. The molecule has 25 heavy (non-hydrogen) atoms. The number of amides is 2. The minimum atomic E-state index is -0.420. The van der Waals surface area contributed by atoms with Crippen LogP contribution in [-0.4, -0.2) is 36.9 Å². The molecule has 0 unspecified atom stereocenters. The Kier molecular flexibility index (Phi) is 7.20. The van der Waals surface area contributed by atoms with Crippen molar-refractivity contribution in [1.82, 2.24) is 10.2 Å². The highest BCUT2D eigenvalue weighted by atomic mass is 16.2. The second-order valence-corrected chi connectivity index (χ2v) is 6.14. The van der Waals surface area contributed by atoms with Crippen LogP contribution < -0.4 is 5.32 Å². The molecule has 0 aliphatic carbocycles. The van der Waals surface area contributed by atoms with Gasteiger partial charge in [-0.05, 0) is 17.5 Å². The summed E-state index contributed by atoms with van der Waals surface area (Å²) >= 11 is 0. The van der Waals surface area contributed by atoms with Gasteiger partial charge in [0.1, 0.15) is 0 Å². The molecule has 2 aromatic rings. The summed E-state index contributed by atoms with van der Waals surface area (Å²) < 4.78 is 0. The van der Waals surface area contributed by atoms with E-state index in [2.05, 4.69) is 12.2 Å². The highest BCUT2D eigenvalue weighted by molar-refractivity contribution is 5.90. The van der Waals surface area contributed by atoms with Gasteiger partial charge in [-0.25, -0.2) is 0 Å².